The van der Waals surface area contributed by atoms with Crippen LogP contribution in [0.1, 0.15) is 61.5 Å². The number of nitrogens with zero attached hydrogens (tertiary/aromatic N) is 2. The van der Waals surface area contributed by atoms with E-state index in [-0.39, 0.29) is 5.91 Å². The van der Waals surface area contributed by atoms with E-state index in [4.69, 9.17) is 5.73 Å². The van der Waals surface area contributed by atoms with Crippen LogP contribution < -0.4 is 11.1 Å². The molecule has 0 radical (unpaired) electrons. The molecule has 0 aliphatic heterocycles. The van der Waals surface area contributed by atoms with Gasteiger partial charge in [-0.1, -0.05) is 26.2 Å². The molecule has 0 saturated heterocycles. The van der Waals surface area contributed by atoms with Crippen molar-refractivity contribution in [1.29, 1.82) is 0 Å². The van der Waals surface area contributed by atoms with Gasteiger partial charge in [-0.15, -0.1) is 0 Å². The lowest BCUT2D eigenvalue weighted by molar-refractivity contribution is 0.0918. The highest BCUT2D eigenvalue weighted by molar-refractivity contribution is 5.95. The van der Waals surface area contributed by atoms with Crippen LogP contribution in [0.15, 0.2) is 6.20 Å². The van der Waals surface area contributed by atoms with Crippen LogP contribution >= 0.6 is 0 Å². The third-order valence-corrected chi connectivity index (χ3v) is 4.62. The Kier molecular flexibility index (Phi) is 5.79. The summed E-state index contributed by atoms with van der Waals surface area (Å²) < 4.78 is 1.87. The van der Waals surface area contributed by atoms with Crippen LogP contribution in [0, 0.1) is 12.8 Å². The van der Waals surface area contributed by atoms with E-state index in [0.717, 1.165) is 37.4 Å². The first-order chi connectivity index (χ1) is 10.2. The number of aryl methyl sites for hydroxylation is 1. The topological polar surface area (TPSA) is 72.9 Å². The average molecular weight is 292 g/mol. The van der Waals surface area contributed by atoms with E-state index in [1.807, 2.05) is 11.6 Å². The quantitative estimate of drug-likeness (QED) is 0.844. The second-order valence-electron chi connectivity index (χ2n) is 6.12. The summed E-state index contributed by atoms with van der Waals surface area (Å²) in [5.41, 5.74) is 7.16. The van der Waals surface area contributed by atoms with E-state index < -0.39 is 0 Å². The molecule has 2 atom stereocenters. The van der Waals surface area contributed by atoms with E-state index in [2.05, 4.69) is 17.3 Å². The van der Waals surface area contributed by atoms with Gasteiger partial charge in [-0.3, -0.25) is 9.48 Å². The monoisotopic (exact) mass is 292 g/mol. The van der Waals surface area contributed by atoms with Crippen molar-refractivity contribution in [3.05, 3.63) is 17.5 Å². The molecule has 1 aromatic heterocycles. The summed E-state index contributed by atoms with van der Waals surface area (Å²) in [7, 11) is 0. The van der Waals surface area contributed by atoms with E-state index in [9.17, 15) is 4.79 Å². The first-order valence-corrected chi connectivity index (χ1v) is 8.19. The number of hydrogen-bond donors (Lipinski definition) is 2. The fourth-order valence-electron chi connectivity index (χ4n) is 3.19. The molecule has 1 aliphatic rings. The molecule has 3 N–H and O–H groups in total. The molecule has 2 unspecified atom stereocenters. The molecule has 118 valence electrons. The molecule has 0 aromatic carbocycles. The molecule has 0 spiro atoms. The van der Waals surface area contributed by atoms with E-state index in [0.29, 0.717) is 18.2 Å². The van der Waals surface area contributed by atoms with Crippen molar-refractivity contribution >= 4 is 5.91 Å². The fourth-order valence-corrected chi connectivity index (χ4v) is 3.19. The Hall–Kier alpha value is -1.36. The highest BCUT2D eigenvalue weighted by Crippen LogP contribution is 2.26. The maximum absolute atomic E-state index is 12.4. The van der Waals surface area contributed by atoms with Gasteiger partial charge >= 0.3 is 0 Å². The van der Waals surface area contributed by atoms with Crippen LogP contribution in [0.25, 0.3) is 0 Å². The third-order valence-electron chi connectivity index (χ3n) is 4.62. The third kappa shape index (κ3) is 4.06. The van der Waals surface area contributed by atoms with Gasteiger partial charge in [0.2, 0.25) is 0 Å². The minimum atomic E-state index is 0.0215. The second-order valence-corrected chi connectivity index (χ2v) is 6.12. The molecular weight excluding hydrogens is 264 g/mol. The maximum atomic E-state index is 12.4. The van der Waals surface area contributed by atoms with Gasteiger partial charge in [-0.2, -0.15) is 5.10 Å². The fraction of sp³-hybridized carbons (Fsp3) is 0.750. The van der Waals surface area contributed by atoms with Gasteiger partial charge in [-0.05, 0) is 38.6 Å². The molecule has 1 saturated carbocycles. The Labute approximate surface area is 127 Å². The summed E-state index contributed by atoms with van der Waals surface area (Å²) in [5, 5.41) is 7.49. The zero-order chi connectivity index (χ0) is 15.2. The second kappa shape index (κ2) is 7.59. The van der Waals surface area contributed by atoms with Crippen molar-refractivity contribution in [2.24, 2.45) is 11.7 Å². The Morgan fingerprint density at radius 3 is 3.05 bits per heavy atom. The van der Waals surface area contributed by atoms with Crippen LogP contribution in [0.4, 0.5) is 0 Å². The van der Waals surface area contributed by atoms with Gasteiger partial charge in [0.1, 0.15) is 0 Å². The van der Waals surface area contributed by atoms with Crippen LogP contribution in [0.2, 0.25) is 0 Å². The molecular formula is C16H28N4O. The molecule has 1 aromatic rings. The standard InChI is InChI=1S/C16H28N4O/c1-3-13-6-4-7-14(10-13)19-16(21)15-11-18-20(12(15)2)9-5-8-17/h11,13-14H,3-10,17H2,1-2H3,(H,19,21). The van der Waals surface area contributed by atoms with Crippen molar-refractivity contribution in [2.75, 3.05) is 6.54 Å². The van der Waals surface area contributed by atoms with Gasteiger partial charge in [-0.25, -0.2) is 0 Å². The molecule has 1 amide bonds. The van der Waals surface area contributed by atoms with E-state index >= 15 is 0 Å². The summed E-state index contributed by atoms with van der Waals surface area (Å²) in [5.74, 6) is 0.783. The molecule has 5 heteroatoms. The summed E-state index contributed by atoms with van der Waals surface area (Å²) in [4.78, 5) is 12.4. The number of aromatic nitrogens is 2. The highest BCUT2D eigenvalue weighted by Gasteiger charge is 2.23. The highest BCUT2D eigenvalue weighted by atomic mass is 16.1. The predicted molar refractivity (Wildman–Crippen MR) is 84.1 cm³/mol. The Bertz CT molecular complexity index is 469. The van der Waals surface area contributed by atoms with E-state index in [1.54, 1.807) is 6.20 Å². The van der Waals surface area contributed by atoms with Crippen LogP contribution in [0.3, 0.4) is 0 Å². The number of nitrogens with one attached hydrogen (secondary N) is 1. The lowest BCUT2D eigenvalue weighted by Crippen LogP contribution is -2.38. The molecule has 1 aliphatic carbocycles. The number of amides is 1. The largest absolute Gasteiger partial charge is 0.349 e. The van der Waals surface area contributed by atoms with Crippen molar-refractivity contribution in [1.82, 2.24) is 15.1 Å². The van der Waals surface area contributed by atoms with Crippen LogP contribution in [0.5, 0.6) is 0 Å². The van der Waals surface area contributed by atoms with Gasteiger partial charge in [0.15, 0.2) is 0 Å². The molecule has 1 fully saturated rings. The number of nitrogens with two attached hydrogens (primary N) is 1. The lowest BCUT2D eigenvalue weighted by atomic mass is 9.84. The van der Waals surface area contributed by atoms with Crippen LogP contribution in [-0.2, 0) is 6.54 Å². The number of carbonyl (C=O) groups excluding carboxylic acids is 1. The minimum absolute atomic E-state index is 0.0215. The van der Waals surface area contributed by atoms with Gasteiger partial charge in [0.05, 0.1) is 11.8 Å². The number of hydrogen-bond acceptors (Lipinski definition) is 3. The molecule has 1 heterocycles. The Morgan fingerprint density at radius 2 is 2.33 bits per heavy atom. The van der Waals surface area contributed by atoms with Gasteiger partial charge in [0.25, 0.3) is 5.91 Å². The van der Waals surface area contributed by atoms with E-state index in [1.165, 1.54) is 19.3 Å². The lowest BCUT2D eigenvalue weighted by Gasteiger charge is -2.29. The number of rotatable bonds is 6. The van der Waals surface area contributed by atoms with Crippen molar-refractivity contribution in [3.63, 3.8) is 0 Å². The van der Waals surface area contributed by atoms with Crippen molar-refractivity contribution < 1.29 is 4.79 Å². The van der Waals surface area contributed by atoms with Crippen molar-refractivity contribution in [3.8, 4) is 0 Å². The van der Waals surface area contributed by atoms with Crippen molar-refractivity contribution in [2.45, 2.75) is 65.0 Å². The summed E-state index contributed by atoms with van der Waals surface area (Å²) in [6.07, 6.45) is 8.51. The first-order valence-electron chi connectivity index (χ1n) is 8.19. The summed E-state index contributed by atoms with van der Waals surface area (Å²) >= 11 is 0. The first kappa shape index (κ1) is 16.0. The zero-order valence-corrected chi connectivity index (χ0v) is 13.3. The Balaban J connectivity index is 1.95. The predicted octanol–water partition coefficient (Wildman–Crippen LogP) is 2.24. The molecule has 5 nitrogen and oxygen atoms in total. The molecule has 2 rings (SSSR count). The Morgan fingerprint density at radius 1 is 1.52 bits per heavy atom. The summed E-state index contributed by atoms with van der Waals surface area (Å²) in [6, 6.07) is 0.322. The zero-order valence-electron chi connectivity index (χ0n) is 13.3. The molecule has 21 heavy (non-hydrogen) atoms. The van der Waals surface area contributed by atoms with Crippen LogP contribution in [-0.4, -0.2) is 28.3 Å². The maximum Gasteiger partial charge on any atom is 0.254 e. The minimum Gasteiger partial charge on any atom is -0.349 e. The average Bonchev–Trinajstić information content (AvgIpc) is 2.86. The van der Waals surface area contributed by atoms with Gasteiger partial charge < -0.3 is 11.1 Å². The number of carbonyl (C=O) groups is 1. The molecule has 0 bridgehead atoms. The smallest absolute Gasteiger partial charge is 0.254 e. The SMILES string of the molecule is CCC1CCCC(NC(=O)c2cnn(CCCN)c2C)C1. The summed E-state index contributed by atoms with van der Waals surface area (Å²) in [6.45, 7) is 5.60. The normalized spacial score (nSPS) is 22.2. The van der Waals surface area contributed by atoms with Gasteiger partial charge in [0, 0.05) is 18.3 Å².